The molecule has 0 aromatic carbocycles. The minimum Gasteiger partial charge on any atom is -0.465 e. The molecule has 2 rings (SSSR count). The lowest BCUT2D eigenvalue weighted by atomic mass is 10.1. The highest BCUT2D eigenvalue weighted by atomic mass is 32.1. The SMILES string of the molecule is COC(=O)c1c(CC(=O)N=c2sccn2C)[nH]c(C(C)=O)c1C. The zero-order valence-corrected chi connectivity index (χ0v) is 14.1. The summed E-state index contributed by atoms with van der Waals surface area (Å²) in [6, 6.07) is 0. The van der Waals surface area contributed by atoms with Crippen LogP contribution in [0.1, 0.15) is 39.0 Å². The Morgan fingerprint density at radius 2 is 2.09 bits per heavy atom. The molecule has 0 aliphatic heterocycles. The lowest BCUT2D eigenvalue weighted by Gasteiger charge is -2.01. The number of thiazole rings is 1. The summed E-state index contributed by atoms with van der Waals surface area (Å²) >= 11 is 1.34. The number of aromatic nitrogens is 2. The summed E-state index contributed by atoms with van der Waals surface area (Å²) in [5.41, 5.74) is 1.34. The van der Waals surface area contributed by atoms with Crippen LogP contribution in [0.4, 0.5) is 0 Å². The highest BCUT2D eigenvalue weighted by Gasteiger charge is 2.24. The molecule has 2 aromatic rings. The van der Waals surface area contributed by atoms with E-state index in [4.69, 9.17) is 4.74 Å². The van der Waals surface area contributed by atoms with Gasteiger partial charge in [0.1, 0.15) is 0 Å². The van der Waals surface area contributed by atoms with Gasteiger partial charge in [-0.1, -0.05) is 0 Å². The van der Waals surface area contributed by atoms with Crippen LogP contribution in [-0.4, -0.2) is 34.3 Å². The Kier molecular flexibility index (Phi) is 4.95. The van der Waals surface area contributed by atoms with Crippen LogP contribution >= 0.6 is 11.3 Å². The van der Waals surface area contributed by atoms with E-state index in [-0.39, 0.29) is 17.8 Å². The van der Waals surface area contributed by atoms with Crippen molar-refractivity contribution in [2.45, 2.75) is 20.3 Å². The molecule has 2 aromatic heterocycles. The van der Waals surface area contributed by atoms with Gasteiger partial charge < -0.3 is 14.3 Å². The summed E-state index contributed by atoms with van der Waals surface area (Å²) in [5, 5.41) is 1.82. The summed E-state index contributed by atoms with van der Waals surface area (Å²) in [5.74, 6) is -1.21. The Morgan fingerprint density at radius 3 is 2.61 bits per heavy atom. The maximum atomic E-state index is 12.2. The van der Waals surface area contributed by atoms with E-state index < -0.39 is 11.9 Å². The molecule has 0 spiro atoms. The predicted molar refractivity (Wildman–Crippen MR) is 84.4 cm³/mol. The highest BCUT2D eigenvalue weighted by molar-refractivity contribution is 7.07. The number of nitrogens with one attached hydrogen (secondary N) is 1. The van der Waals surface area contributed by atoms with Gasteiger partial charge in [0.25, 0.3) is 5.91 Å². The molecule has 23 heavy (non-hydrogen) atoms. The average molecular weight is 335 g/mol. The molecule has 0 atom stereocenters. The van der Waals surface area contributed by atoms with Gasteiger partial charge in [0.2, 0.25) is 0 Å². The number of H-pyrrole nitrogens is 1. The van der Waals surface area contributed by atoms with Crippen LogP contribution in [0, 0.1) is 6.92 Å². The number of ketones is 1. The van der Waals surface area contributed by atoms with Crippen molar-refractivity contribution in [2.75, 3.05) is 7.11 Å². The van der Waals surface area contributed by atoms with Crippen molar-refractivity contribution < 1.29 is 19.1 Å². The third kappa shape index (κ3) is 3.48. The zero-order valence-electron chi connectivity index (χ0n) is 13.3. The van der Waals surface area contributed by atoms with E-state index in [0.717, 1.165) is 0 Å². The Balaban J connectivity index is 2.41. The van der Waals surface area contributed by atoms with Crippen LogP contribution in [0.5, 0.6) is 0 Å². The fraction of sp³-hybridized carbons (Fsp3) is 0.333. The summed E-state index contributed by atoms with van der Waals surface area (Å²) in [7, 11) is 3.04. The molecule has 2 heterocycles. The molecule has 0 bridgehead atoms. The molecule has 8 heteroatoms. The highest BCUT2D eigenvalue weighted by Crippen LogP contribution is 2.20. The smallest absolute Gasteiger partial charge is 0.339 e. The Morgan fingerprint density at radius 1 is 1.39 bits per heavy atom. The van der Waals surface area contributed by atoms with E-state index in [1.165, 1.54) is 25.4 Å². The molecule has 0 fully saturated rings. The third-order valence-electron chi connectivity index (χ3n) is 3.38. The molecule has 122 valence electrons. The number of carbonyl (C=O) groups excluding carboxylic acids is 3. The van der Waals surface area contributed by atoms with Crippen molar-refractivity contribution in [2.24, 2.45) is 12.0 Å². The first-order valence-corrected chi connectivity index (χ1v) is 7.71. The number of aryl methyl sites for hydroxylation is 1. The molecule has 0 aliphatic rings. The third-order valence-corrected chi connectivity index (χ3v) is 4.23. The van der Waals surface area contributed by atoms with Gasteiger partial charge in [0, 0.05) is 31.2 Å². The molecule has 0 saturated heterocycles. The molecule has 7 nitrogen and oxygen atoms in total. The summed E-state index contributed by atoms with van der Waals surface area (Å²) in [6.45, 7) is 3.03. The second-order valence-corrected chi connectivity index (χ2v) is 5.88. The van der Waals surface area contributed by atoms with E-state index in [1.54, 1.807) is 24.7 Å². The van der Waals surface area contributed by atoms with Gasteiger partial charge >= 0.3 is 5.97 Å². The Bertz CT molecular complexity index is 841. The minimum atomic E-state index is -0.587. The fourth-order valence-electron chi connectivity index (χ4n) is 2.25. The lowest BCUT2D eigenvalue weighted by Crippen LogP contribution is -2.15. The predicted octanol–water partition coefficient (Wildman–Crippen LogP) is 1.38. The Labute approximate surface area is 136 Å². The van der Waals surface area contributed by atoms with Crippen LogP contribution in [0.15, 0.2) is 16.6 Å². The van der Waals surface area contributed by atoms with E-state index in [9.17, 15) is 14.4 Å². The number of aromatic amines is 1. The molecular weight excluding hydrogens is 318 g/mol. The van der Waals surface area contributed by atoms with Crippen molar-refractivity contribution in [1.82, 2.24) is 9.55 Å². The topological polar surface area (TPSA) is 93.5 Å². The van der Waals surface area contributed by atoms with Gasteiger partial charge in [-0.25, -0.2) is 4.79 Å². The second kappa shape index (κ2) is 6.74. The number of methoxy groups -OCH3 is 1. The average Bonchev–Trinajstić information content (AvgIpc) is 3.02. The van der Waals surface area contributed by atoms with Gasteiger partial charge in [0.05, 0.1) is 24.8 Å². The maximum absolute atomic E-state index is 12.2. The van der Waals surface area contributed by atoms with Crippen molar-refractivity contribution in [3.63, 3.8) is 0 Å². The number of amides is 1. The summed E-state index contributed by atoms with van der Waals surface area (Å²) < 4.78 is 6.47. The van der Waals surface area contributed by atoms with Crippen molar-refractivity contribution >= 4 is 29.0 Å². The number of rotatable bonds is 4. The maximum Gasteiger partial charge on any atom is 0.339 e. The van der Waals surface area contributed by atoms with Crippen molar-refractivity contribution in [3.8, 4) is 0 Å². The van der Waals surface area contributed by atoms with Crippen molar-refractivity contribution in [1.29, 1.82) is 0 Å². The molecule has 0 aliphatic carbocycles. The first kappa shape index (κ1) is 16.9. The number of carbonyl (C=O) groups is 3. The largest absolute Gasteiger partial charge is 0.465 e. The lowest BCUT2D eigenvalue weighted by molar-refractivity contribution is -0.117. The molecule has 0 saturated carbocycles. The van der Waals surface area contributed by atoms with E-state index in [1.807, 2.05) is 5.38 Å². The van der Waals surface area contributed by atoms with Crippen LogP contribution < -0.4 is 4.80 Å². The monoisotopic (exact) mass is 335 g/mol. The number of Topliss-reactive ketones (excluding diaryl/α,β-unsaturated/α-hetero) is 1. The van der Waals surface area contributed by atoms with Gasteiger partial charge in [-0.05, 0) is 12.5 Å². The quantitative estimate of drug-likeness (QED) is 0.675. The summed E-state index contributed by atoms with van der Waals surface area (Å²) in [6.07, 6.45) is 1.68. The first-order chi connectivity index (χ1) is 10.8. The number of nitrogens with zero attached hydrogens (tertiary/aromatic N) is 2. The number of ether oxygens (including phenoxy) is 1. The van der Waals surface area contributed by atoms with Crippen LogP contribution in [-0.2, 0) is 23.0 Å². The fourth-order valence-corrected chi connectivity index (χ4v) is 3.00. The van der Waals surface area contributed by atoms with Gasteiger partial charge in [-0.3, -0.25) is 9.59 Å². The van der Waals surface area contributed by atoms with Crippen LogP contribution in [0.3, 0.4) is 0 Å². The standard InChI is InChI=1S/C15H17N3O4S/c1-8-12(14(21)22-4)10(16-13(8)9(2)19)7-11(20)17-15-18(3)5-6-23-15/h5-6,16H,7H2,1-4H3. The molecule has 0 radical (unpaired) electrons. The van der Waals surface area contributed by atoms with Crippen LogP contribution in [0.2, 0.25) is 0 Å². The molecule has 1 N–H and O–H groups in total. The first-order valence-electron chi connectivity index (χ1n) is 6.83. The number of hydrogen-bond acceptors (Lipinski definition) is 5. The molecule has 1 amide bonds. The van der Waals surface area contributed by atoms with Gasteiger partial charge in [-0.2, -0.15) is 4.99 Å². The van der Waals surface area contributed by atoms with E-state index in [2.05, 4.69) is 9.98 Å². The zero-order chi connectivity index (χ0) is 17.1. The second-order valence-electron chi connectivity index (χ2n) is 5.01. The van der Waals surface area contributed by atoms with E-state index >= 15 is 0 Å². The van der Waals surface area contributed by atoms with E-state index in [0.29, 0.717) is 21.8 Å². The minimum absolute atomic E-state index is 0.115. The Hall–Kier alpha value is -2.48. The van der Waals surface area contributed by atoms with Crippen LogP contribution in [0.25, 0.3) is 0 Å². The number of esters is 1. The van der Waals surface area contributed by atoms with Gasteiger partial charge in [-0.15, -0.1) is 11.3 Å². The normalized spacial score (nSPS) is 11.6. The summed E-state index contributed by atoms with van der Waals surface area (Å²) in [4.78, 5) is 43.2. The molecular formula is C15H17N3O4S. The van der Waals surface area contributed by atoms with Gasteiger partial charge in [0.15, 0.2) is 10.6 Å². The molecule has 0 unspecified atom stereocenters. The van der Waals surface area contributed by atoms with Crippen molar-refractivity contribution in [3.05, 3.63) is 38.9 Å². The number of hydrogen-bond donors (Lipinski definition) is 1.